The van der Waals surface area contributed by atoms with E-state index in [-0.39, 0.29) is 5.82 Å². The molecule has 7 heteroatoms. The van der Waals surface area contributed by atoms with Crippen LogP contribution in [-0.4, -0.2) is 59.0 Å². The standard InChI is InChI=1S/C14H23N7/c1-12(15)18-14(19(2)16)21-9-7-20(8-10-21)11-13-3-5-17-6-4-13/h3-6H,1,7-11,15-16H2,2H3. The minimum absolute atomic E-state index is 0.265. The SMILES string of the molecule is C=C(N)N=C(N(C)N)N1CCN(Cc2ccncc2)CC1. The van der Waals surface area contributed by atoms with E-state index in [0.29, 0.717) is 5.96 Å². The molecule has 21 heavy (non-hydrogen) atoms. The van der Waals surface area contributed by atoms with E-state index in [1.54, 1.807) is 7.05 Å². The molecule has 0 spiro atoms. The van der Waals surface area contributed by atoms with Gasteiger partial charge in [0.1, 0.15) is 5.82 Å². The van der Waals surface area contributed by atoms with Gasteiger partial charge in [-0.05, 0) is 17.7 Å². The Morgan fingerprint density at radius 1 is 1.33 bits per heavy atom. The average molecular weight is 289 g/mol. The number of nitrogens with two attached hydrogens (primary N) is 2. The van der Waals surface area contributed by atoms with E-state index in [1.807, 2.05) is 24.5 Å². The maximum Gasteiger partial charge on any atom is 0.217 e. The summed E-state index contributed by atoms with van der Waals surface area (Å²) >= 11 is 0. The van der Waals surface area contributed by atoms with Gasteiger partial charge in [0.15, 0.2) is 0 Å². The minimum atomic E-state index is 0.265. The van der Waals surface area contributed by atoms with Crippen molar-refractivity contribution in [3.05, 3.63) is 42.5 Å². The molecule has 1 saturated heterocycles. The van der Waals surface area contributed by atoms with Crippen molar-refractivity contribution >= 4 is 5.96 Å². The summed E-state index contributed by atoms with van der Waals surface area (Å²) in [5.74, 6) is 6.74. The second kappa shape index (κ2) is 7.05. The Kier molecular flexibility index (Phi) is 5.13. The fourth-order valence-electron chi connectivity index (χ4n) is 2.35. The maximum atomic E-state index is 5.82. The predicted molar refractivity (Wildman–Crippen MR) is 83.8 cm³/mol. The lowest BCUT2D eigenvalue weighted by molar-refractivity contribution is 0.165. The third-order valence-corrected chi connectivity index (χ3v) is 3.37. The Labute approximate surface area is 125 Å². The Bertz CT molecular complexity index is 489. The fraction of sp³-hybridized carbons (Fsp3) is 0.429. The van der Waals surface area contributed by atoms with Gasteiger partial charge >= 0.3 is 0 Å². The van der Waals surface area contributed by atoms with E-state index in [1.165, 1.54) is 10.6 Å². The topological polar surface area (TPSA) is 87.0 Å². The number of hydrogen-bond donors (Lipinski definition) is 2. The van der Waals surface area contributed by atoms with Crippen LogP contribution in [0.4, 0.5) is 0 Å². The molecule has 0 aliphatic carbocycles. The highest BCUT2D eigenvalue weighted by Crippen LogP contribution is 2.09. The summed E-state index contributed by atoms with van der Waals surface area (Å²) in [5, 5.41) is 1.48. The normalized spacial score (nSPS) is 16.9. The van der Waals surface area contributed by atoms with Crippen LogP contribution >= 0.6 is 0 Å². The van der Waals surface area contributed by atoms with E-state index < -0.39 is 0 Å². The van der Waals surface area contributed by atoms with Crippen molar-refractivity contribution in [1.82, 2.24) is 19.8 Å². The first-order valence-electron chi connectivity index (χ1n) is 6.94. The molecule has 1 aromatic heterocycles. The second-order valence-electron chi connectivity index (χ2n) is 5.13. The van der Waals surface area contributed by atoms with Crippen LogP contribution < -0.4 is 11.6 Å². The Hall–Kier alpha value is -2.12. The zero-order chi connectivity index (χ0) is 15.2. The van der Waals surface area contributed by atoms with Gasteiger partial charge in [-0.3, -0.25) is 14.9 Å². The van der Waals surface area contributed by atoms with Gasteiger partial charge in [-0.1, -0.05) is 6.58 Å². The molecular formula is C14H23N7. The molecule has 0 saturated carbocycles. The predicted octanol–water partition coefficient (Wildman–Crippen LogP) is -0.209. The lowest BCUT2D eigenvalue weighted by Gasteiger charge is -2.37. The number of aliphatic imine (C=N–C) groups is 1. The lowest BCUT2D eigenvalue weighted by atomic mass is 10.2. The number of hydrazine groups is 1. The molecule has 0 aromatic carbocycles. The van der Waals surface area contributed by atoms with Gasteiger partial charge in [0.25, 0.3) is 0 Å². The minimum Gasteiger partial charge on any atom is -0.384 e. The van der Waals surface area contributed by atoms with Crippen molar-refractivity contribution in [2.75, 3.05) is 33.2 Å². The Morgan fingerprint density at radius 3 is 2.48 bits per heavy atom. The average Bonchev–Trinajstić information content (AvgIpc) is 2.46. The first kappa shape index (κ1) is 15.3. The van der Waals surface area contributed by atoms with Crippen LogP contribution in [0.3, 0.4) is 0 Å². The second-order valence-corrected chi connectivity index (χ2v) is 5.13. The Balaban J connectivity index is 1.92. The van der Waals surface area contributed by atoms with Crippen molar-refractivity contribution < 1.29 is 0 Å². The monoisotopic (exact) mass is 289 g/mol. The van der Waals surface area contributed by atoms with Gasteiger partial charge < -0.3 is 10.6 Å². The van der Waals surface area contributed by atoms with E-state index in [9.17, 15) is 0 Å². The summed E-state index contributed by atoms with van der Waals surface area (Å²) in [7, 11) is 1.76. The molecule has 7 nitrogen and oxygen atoms in total. The van der Waals surface area contributed by atoms with Crippen molar-refractivity contribution in [1.29, 1.82) is 0 Å². The highest BCUT2D eigenvalue weighted by Gasteiger charge is 2.21. The van der Waals surface area contributed by atoms with Crippen molar-refractivity contribution in [3.8, 4) is 0 Å². The molecule has 1 fully saturated rings. The number of hydrogen-bond acceptors (Lipinski definition) is 5. The Morgan fingerprint density at radius 2 is 1.95 bits per heavy atom. The number of piperazine rings is 1. The molecule has 4 N–H and O–H groups in total. The van der Waals surface area contributed by atoms with E-state index >= 15 is 0 Å². The highest BCUT2D eigenvalue weighted by molar-refractivity contribution is 5.80. The van der Waals surface area contributed by atoms with Crippen LogP contribution in [-0.2, 0) is 6.54 Å². The number of pyridine rings is 1. The van der Waals surface area contributed by atoms with Gasteiger partial charge in [-0.25, -0.2) is 5.84 Å². The van der Waals surface area contributed by atoms with Crippen LogP contribution in [0.1, 0.15) is 5.56 Å². The smallest absolute Gasteiger partial charge is 0.217 e. The zero-order valence-corrected chi connectivity index (χ0v) is 12.4. The molecule has 0 unspecified atom stereocenters. The maximum absolute atomic E-state index is 5.82. The number of aromatic nitrogens is 1. The lowest BCUT2D eigenvalue weighted by Crippen LogP contribution is -2.54. The summed E-state index contributed by atoms with van der Waals surface area (Å²) in [4.78, 5) is 12.8. The van der Waals surface area contributed by atoms with Crippen LogP contribution in [0.2, 0.25) is 0 Å². The third kappa shape index (κ3) is 4.44. The van der Waals surface area contributed by atoms with E-state index in [2.05, 4.69) is 26.4 Å². The van der Waals surface area contributed by atoms with Crippen molar-refractivity contribution in [3.63, 3.8) is 0 Å². The molecular weight excluding hydrogens is 266 g/mol. The van der Waals surface area contributed by atoms with Crippen molar-refractivity contribution in [2.45, 2.75) is 6.54 Å². The molecule has 0 radical (unpaired) electrons. The molecule has 1 aliphatic heterocycles. The van der Waals surface area contributed by atoms with Crippen LogP contribution in [0.5, 0.6) is 0 Å². The van der Waals surface area contributed by atoms with Gasteiger partial charge in [-0.15, -0.1) is 0 Å². The van der Waals surface area contributed by atoms with Crippen LogP contribution in [0.25, 0.3) is 0 Å². The van der Waals surface area contributed by atoms with Gasteiger partial charge in [0, 0.05) is 52.2 Å². The molecule has 0 bridgehead atoms. The van der Waals surface area contributed by atoms with Gasteiger partial charge in [0.05, 0.1) is 0 Å². The first-order valence-corrected chi connectivity index (χ1v) is 6.94. The van der Waals surface area contributed by atoms with Crippen LogP contribution in [0.15, 0.2) is 41.9 Å². The molecule has 2 heterocycles. The van der Waals surface area contributed by atoms with Gasteiger partial charge in [-0.2, -0.15) is 4.99 Å². The third-order valence-electron chi connectivity index (χ3n) is 3.37. The molecule has 1 aliphatic rings. The number of rotatable bonds is 3. The van der Waals surface area contributed by atoms with Crippen molar-refractivity contribution in [2.24, 2.45) is 16.6 Å². The molecule has 1 aromatic rings. The summed E-state index contributed by atoms with van der Waals surface area (Å²) in [6.07, 6.45) is 3.65. The van der Waals surface area contributed by atoms with E-state index in [4.69, 9.17) is 11.6 Å². The summed E-state index contributed by atoms with van der Waals surface area (Å²) < 4.78 is 0. The number of nitrogens with zero attached hydrogens (tertiary/aromatic N) is 5. The summed E-state index contributed by atoms with van der Waals surface area (Å²) in [5.41, 5.74) is 6.84. The summed E-state index contributed by atoms with van der Waals surface area (Å²) in [6, 6.07) is 4.09. The van der Waals surface area contributed by atoms with E-state index in [0.717, 1.165) is 32.7 Å². The molecule has 0 atom stereocenters. The van der Waals surface area contributed by atoms with Gasteiger partial charge in [0.2, 0.25) is 5.96 Å². The summed E-state index contributed by atoms with van der Waals surface area (Å²) in [6.45, 7) is 8.16. The fourth-order valence-corrected chi connectivity index (χ4v) is 2.35. The number of guanidine groups is 1. The molecule has 0 amide bonds. The molecule has 2 rings (SSSR count). The molecule has 114 valence electrons. The largest absolute Gasteiger partial charge is 0.384 e. The zero-order valence-electron chi connectivity index (χ0n) is 12.4. The quantitative estimate of drug-likeness (QED) is 0.346. The highest BCUT2D eigenvalue weighted by atomic mass is 15.5. The van der Waals surface area contributed by atoms with Crippen LogP contribution in [0, 0.1) is 0 Å². The first-order chi connectivity index (χ1) is 10.1.